The second kappa shape index (κ2) is 5.45. The van der Waals surface area contributed by atoms with Crippen molar-refractivity contribution in [3.63, 3.8) is 0 Å². The maximum atomic E-state index is 11.4. The number of ether oxygens (including phenoxy) is 1. The van der Waals surface area contributed by atoms with Gasteiger partial charge in [-0.05, 0) is 12.5 Å². The summed E-state index contributed by atoms with van der Waals surface area (Å²) in [6.45, 7) is 1.40. The predicted molar refractivity (Wildman–Crippen MR) is 61.1 cm³/mol. The van der Waals surface area contributed by atoms with Crippen LogP contribution in [0, 0.1) is 0 Å². The number of aliphatic carboxylic acids is 1. The van der Waals surface area contributed by atoms with Gasteiger partial charge in [0.05, 0.1) is 6.42 Å². The van der Waals surface area contributed by atoms with Gasteiger partial charge < -0.3 is 15.6 Å². The molecule has 0 saturated carbocycles. The van der Waals surface area contributed by atoms with Crippen LogP contribution in [0.3, 0.4) is 0 Å². The van der Waals surface area contributed by atoms with Crippen LogP contribution in [0.15, 0.2) is 30.3 Å². The number of carboxylic acid groups (broad SMARTS) is 1. The maximum Gasteiger partial charge on any atom is 0.323 e. The number of benzene rings is 1. The monoisotopic (exact) mass is 237 g/mol. The Morgan fingerprint density at radius 2 is 1.94 bits per heavy atom. The normalized spacial score (nSPS) is 13.8. The van der Waals surface area contributed by atoms with Crippen molar-refractivity contribution in [2.75, 3.05) is 0 Å². The SMILES string of the molecule is CC(N)(CC(=O)OCc1ccccc1)C(=O)O. The van der Waals surface area contributed by atoms with Gasteiger partial charge in [0, 0.05) is 0 Å². The molecule has 0 amide bonds. The minimum Gasteiger partial charge on any atom is -0.480 e. The lowest BCUT2D eigenvalue weighted by Crippen LogP contribution is -2.46. The zero-order valence-corrected chi connectivity index (χ0v) is 9.55. The van der Waals surface area contributed by atoms with E-state index in [0.717, 1.165) is 5.56 Å². The molecule has 1 aromatic rings. The number of hydrogen-bond donors (Lipinski definition) is 2. The van der Waals surface area contributed by atoms with Crippen LogP contribution in [0.2, 0.25) is 0 Å². The van der Waals surface area contributed by atoms with Crippen LogP contribution in [0.5, 0.6) is 0 Å². The molecule has 0 heterocycles. The molecule has 0 aliphatic heterocycles. The van der Waals surface area contributed by atoms with Crippen molar-refractivity contribution in [2.24, 2.45) is 5.73 Å². The molecule has 92 valence electrons. The third-order valence-corrected chi connectivity index (χ3v) is 2.24. The molecule has 1 rings (SSSR count). The molecule has 0 radical (unpaired) electrons. The van der Waals surface area contributed by atoms with E-state index in [1.807, 2.05) is 30.3 Å². The van der Waals surface area contributed by atoms with Crippen molar-refractivity contribution >= 4 is 11.9 Å². The van der Waals surface area contributed by atoms with Crippen LogP contribution in [-0.4, -0.2) is 22.6 Å². The molecule has 3 N–H and O–H groups in total. The van der Waals surface area contributed by atoms with Crippen molar-refractivity contribution in [3.8, 4) is 0 Å². The third-order valence-electron chi connectivity index (χ3n) is 2.24. The Morgan fingerprint density at radius 3 is 2.47 bits per heavy atom. The van der Waals surface area contributed by atoms with Crippen LogP contribution < -0.4 is 5.73 Å². The smallest absolute Gasteiger partial charge is 0.323 e. The van der Waals surface area contributed by atoms with Crippen molar-refractivity contribution < 1.29 is 19.4 Å². The Morgan fingerprint density at radius 1 is 1.35 bits per heavy atom. The Hall–Kier alpha value is -1.88. The van der Waals surface area contributed by atoms with Crippen molar-refractivity contribution in [3.05, 3.63) is 35.9 Å². The first-order valence-corrected chi connectivity index (χ1v) is 5.13. The van der Waals surface area contributed by atoms with Crippen LogP contribution in [0.4, 0.5) is 0 Å². The third kappa shape index (κ3) is 4.24. The lowest BCUT2D eigenvalue weighted by molar-refractivity contribution is -0.153. The van der Waals surface area contributed by atoms with Crippen LogP contribution >= 0.6 is 0 Å². The minimum absolute atomic E-state index is 0.120. The molecule has 0 aliphatic carbocycles. The number of rotatable bonds is 5. The van der Waals surface area contributed by atoms with E-state index >= 15 is 0 Å². The molecule has 0 bridgehead atoms. The molecule has 5 heteroatoms. The molecule has 1 atom stereocenters. The van der Waals surface area contributed by atoms with Gasteiger partial charge in [0.25, 0.3) is 0 Å². The fourth-order valence-corrected chi connectivity index (χ4v) is 1.16. The molecule has 5 nitrogen and oxygen atoms in total. The van der Waals surface area contributed by atoms with Gasteiger partial charge in [0.2, 0.25) is 0 Å². The van der Waals surface area contributed by atoms with Gasteiger partial charge in [-0.3, -0.25) is 9.59 Å². The van der Waals surface area contributed by atoms with E-state index < -0.39 is 17.5 Å². The first-order valence-electron chi connectivity index (χ1n) is 5.13. The second-order valence-electron chi connectivity index (χ2n) is 4.05. The van der Waals surface area contributed by atoms with Crippen LogP contribution in [0.1, 0.15) is 18.9 Å². The van der Waals surface area contributed by atoms with Gasteiger partial charge in [0.15, 0.2) is 0 Å². The van der Waals surface area contributed by atoms with Crippen LogP contribution in [0.25, 0.3) is 0 Å². The summed E-state index contributed by atoms with van der Waals surface area (Å²) >= 11 is 0. The molecule has 0 spiro atoms. The summed E-state index contributed by atoms with van der Waals surface area (Å²) in [4.78, 5) is 22.1. The van der Waals surface area contributed by atoms with Gasteiger partial charge in [-0.25, -0.2) is 0 Å². The first-order chi connectivity index (χ1) is 7.92. The van der Waals surface area contributed by atoms with Crippen LogP contribution in [-0.2, 0) is 20.9 Å². The maximum absolute atomic E-state index is 11.4. The van der Waals surface area contributed by atoms with Crippen molar-refractivity contribution in [1.29, 1.82) is 0 Å². The topological polar surface area (TPSA) is 89.6 Å². The largest absolute Gasteiger partial charge is 0.480 e. The number of nitrogens with two attached hydrogens (primary N) is 1. The average Bonchev–Trinajstić information content (AvgIpc) is 2.27. The van der Waals surface area contributed by atoms with Crippen molar-refractivity contribution in [2.45, 2.75) is 25.5 Å². The fraction of sp³-hybridized carbons (Fsp3) is 0.333. The van der Waals surface area contributed by atoms with E-state index in [0.29, 0.717) is 0 Å². The zero-order chi connectivity index (χ0) is 12.9. The Balaban J connectivity index is 2.44. The lowest BCUT2D eigenvalue weighted by Gasteiger charge is -2.17. The molecule has 17 heavy (non-hydrogen) atoms. The van der Waals surface area contributed by atoms with E-state index in [1.54, 1.807) is 0 Å². The number of carbonyl (C=O) groups excluding carboxylic acids is 1. The average molecular weight is 237 g/mol. The Labute approximate surface area is 99.2 Å². The van der Waals surface area contributed by atoms with E-state index in [4.69, 9.17) is 15.6 Å². The van der Waals surface area contributed by atoms with Gasteiger partial charge in [-0.1, -0.05) is 30.3 Å². The van der Waals surface area contributed by atoms with Gasteiger partial charge in [0.1, 0.15) is 12.1 Å². The van der Waals surface area contributed by atoms with E-state index in [1.165, 1.54) is 6.92 Å². The second-order valence-corrected chi connectivity index (χ2v) is 4.05. The summed E-state index contributed by atoms with van der Waals surface area (Å²) < 4.78 is 4.93. The molecular formula is C12H15NO4. The van der Waals surface area contributed by atoms with E-state index in [9.17, 15) is 9.59 Å². The molecule has 1 unspecified atom stereocenters. The quantitative estimate of drug-likeness (QED) is 0.743. The summed E-state index contributed by atoms with van der Waals surface area (Å²) in [5, 5.41) is 8.74. The number of carbonyl (C=O) groups is 2. The predicted octanol–water partition coefficient (Wildman–Crippen LogP) is 0.922. The number of esters is 1. The van der Waals surface area contributed by atoms with Gasteiger partial charge in [-0.2, -0.15) is 0 Å². The lowest BCUT2D eigenvalue weighted by atomic mass is 10.0. The number of hydrogen-bond acceptors (Lipinski definition) is 4. The first kappa shape index (κ1) is 13.2. The highest BCUT2D eigenvalue weighted by Gasteiger charge is 2.31. The fourth-order valence-electron chi connectivity index (χ4n) is 1.16. The van der Waals surface area contributed by atoms with Gasteiger partial charge in [-0.15, -0.1) is 0 Å². The van der Waals surface area contributed by atoms with E-state index in [-0.39, 0.29) is 13.0 Å². The van der Waals surface area contributed by atoms with Crippen molar-refractivity contribution in [1.82, 2.24) is 0 Å². The Bertz CT molecular complexity index is 400. The molecule has 0 saturated heterocycles. The molecule has 0 fully saturated rings. The molecule has 0 aliphatic rings. The van der Waals surface area contributed by atoms with Gasteiger partial charge >= 0.3 is 11.9 Å². The highest BCUT2D eigenvalue weighted by atomic mass is 16.5. The highest BCUT2D eigenvalue weighted by Crippen LogP contribution is 2.09. The van der Waals surface area contributed by atoms with E-state index in [2.05, 4.69) is 0 Å². The molecular weight excluding hydrogens is 222 g/mol. The summed E-state index contributed by atoms with van der Waals surface area (Å²) in [7, 11) is 0. The molecule has 0 aromatic heterocycles. The summed E-state index contributed by atoms with van der Waals surface area (Å²) in [5.74, 6) is -1.85. The standard InChI is InChI=1S/C12H15NO4/c1-12(13,11(15)16)7-10(14)17-8-9-5-3-2-4-6-9/h2-6H,7-8,13H2,1H3,(H,15,16). The number of carboxylic acids is 1. The minimum atomic E-state index is -1.59. The Kier molecular flexibility index (Phi) is 4.23. The highest BCUT2D eigenvalue weighted by molar-refractivity contribution is 5.84. The summed E-state index contributed by atoms with van der Waals surface area (Å²) in [5.41, 5.74) is 4.68. The zero-order valence-electron chi connectivity index (χ0n) is 9.55. The summed E-state index contributed by atoms with van der Waals surface area (Å²) in [6, 6.07) is 9.13. The molecule has 1 aromatic carbocycles. The summed E-state index contributed by atoms with van der Waals surface area (Å²) in [6.07, 6.45) is -0.352.